The Labute approximate surface area is 145 Å². The third kappa shape index (κ3) is 3.07. The first-order valence-corrected chi connectivity index (χ1v) is 8.46. The first kappa shape index (κ1) is 15.6. The Hall–Kier alpha value is -2.89. The third-order valence-electron chi connectivity index (χ3n) is 4.78. The highest BCUT2D eigenvalue weighted by Gasteiger charge is 2.26. The SMILES string of the molecule is COc1ccc(C(=O)N2CCCC(c3cc4cnccc4[nH]3)C2)cn1. The first-order valence-electron chi connectivity index (χ1n) is 8.46. The second-order valence-corrected chi connectivity index (χ2v) is 6.37. The molecule has 0 radical (unpaired) electrons. The third-order valence-corrected chi connectivity index (χ3v) is 4.78. The second-order valence-electron chi connectivity index (χ2n) is 6.37. The molecule has 1 aliphatic rings. The van der Waals surface area contributed by atoms with Gasteiger partial charge in [-0.05, 0) is 31.0 Å². The molecule has 6 heteroatoms. The van der Waals surface area contributed by atoms with Crippen LogP contribution in [-0.2, 0) is 0 Å². The Bertz CT molecular complexity index is 855. The van der Waals surface area contributed by atoms with E-state index in [4.69, 9.17) is 4.74 Å². The zero-order valence-corrected chi connectivity index (χ0v) is 14.1. The fraction of sp³-hybridized carbons (Fsp3) is 0.316. The molecule has 0 aliphatic carbocycles. The van der Waals surface area contributed by atoms with Gasteiger partial charge in [0.2, 0.25) is 5.88 Å². The summed E-state index contributed by atoms with van der Waals surface area (Å²) in [6, 6.07) is 7.62. The number of nitrogens with zero attached hydrogens (tertiary/aromatic N) is 3. The van der Waals surface area contributed by atoms with Crippen molar-refractivity contribution in [3.8, 4) is 5.88 Å². The van der Waals surface area contributed by atoms with Crippen molar-refractivity contribution in [3.05, 3.63) is 54.1 Å². The fourth-order valence-corrected chi connectivity index (χ4v) is 3.44. The second kappa shape index (κ2) is 6.55. The lowest BCUT2D eigenvalue weighted by Gasteiger charge is -2.32. The zero-order valence-electron chi connectivity index (χ0n) is 14.1. The summed E-state index contributed by atoms with van der Waals surface area (Å²) in [4.78, 5) is 26.5. The molecule has 0 bridgehead atoms. The Balaban J connectivity index is 1.52. The number of hydrogen-bond donors (Lipinski definition) is 1. The molecule has 0 spiro atoms. The minimum absolute atomic E-state index is 0.0256. The minimum atomic E-state index is 0.0256. The molecule has 1 N–H and O–H groups in total. The lowest BCUT2D eigenvalue weighted by atomic mass is 9.94. The lowest BCUT2D eigenvalue weighted by molar-refractivity contribution is 0.0705. The highest BCUT2D eigenvalue weighted by Crippen LogP contribution is 2.29. The number of pyridine rings is 2. The van der Waals surface area contributed by atoms with Gasteiger partial charge in [-0.25, -0.2) is 4.98 Å². The average Bonchev–Trinajstić information content (AvgIpc) is 3.12. The van der Waals surface area contributed by atoms with Gasteiger partial charge >= 0.3 is 0 Å². The average molecular weight is 336 g/mol. The van der Waals surface area contributed by atoms with E-state index in [1.54, 1.807) is 31.6 Å². The number of H-pyrrole nitrogens is 1. The van der Waals surface area contributed by atoms with Gasteiger partial charge < -0.3 is 14.6 Å². The molecule has 1 atom stereocenters. The van der Waals surface area contributed by atoms with E-state index in [2.05, 4.69) is 21.0 Å². The quantitative estimate of drug-likeness (QED) is 0.798. The number of hydrogen-bond acceptors (Lipinski definition) is 4. The van der Waals surface area contributed by atoms with Crippen molar-refractivity contribution >= 4 is 16.8 Å². The molecule has 3 aromatic heterocycles. The molecular formula is C19H20N4O2. The highest BCUT2D eigenvalue weighted by molar-refractivity contribution is 5.94. The number of likely N-dealkylation sites (tertiary alicyclic amines) is 1. The minimum Gasteiger partial charge on any atom is -0.481 e. The number of methoxy groups -OCH3 is 1. The molecule has 4 heterocycles. The summed E-state index contributed by atoms with van der Waals surface area (Å²) >= 11 is 0. The maximum absolute atomic E-state index is 12.8. The van der Waals surface area contributed by atoms with Crippen molar-refractivity contribution in [3.63, 3.8) is 0 Å². The Kier molecular flexibility index (Phi) is 4.09. The normalized spacial score (nSPS) is 17.6. The molecule has 1 amide bonds. The van der Waals surface area contributed by atoms with E-state index >= 15 is 0 Å². The van der Waals surface area contributed by atoms with Crippen molar-refractivity contribution in [1.82, 2.24) is 19.9 Å². The summed E-state index contributed by atoms with van der Waals surface area (Å²) < 4.78 is 5.05. The van der Waals surface area contributed by atoms with Crippen LogP contribution in [0.15, 0.2) is 42.9 Å². The topological polar surface area (TPSA) is 71.1 Å². The van der Waals surface area contributed by atoms with E-state index in [1.165, 1.54) is 5.69 Å². The summed E-state index contributed by atoms with van der Waals surface area (Å²) in [5.41, 5.74) is 2.86. The molecule has 1 unspecified atom stereocenters. The van der Waals surface area contributed by atoms with Gasteiger partial charge in [-0.2, -0.15) is 0 Å². The number of carbonyl (C=O) groups is 1. The number of rotatable bonds is 3. The number of aromatic nitrogens is 3. The molecule has 128 valence electrons. The number of carbonyl (C=O) groups excluding carboxylic acids is 1. The van der Waals surface area contributed by atoms with Crippen LogP contribution in [0.3, 0.4) is 0 Å². The molecule has 25 heavy (non-hydrogen) atoms. The zero-order chi connectivity index (χ0) is 17.2. The Morgan fingerprint density at radius 3 is 3.00 bits per heavy atom. The van der Waals surface area contributed by atoms with E-state index in [0.29, 0.717) is 23.9 Å². The lowest BCUT2D eigenvalue weighted by Crippen LogP contribution is -2.39. The molecule has 0 aromatic carbocycles. The van der Waals surface area contributed by atoms with Gasteiger partial charge in [-0.3, -0.25) is 9.78 Å². The highest BCUT2D eigenvalue weighted by atomic mass is 16.5. The predicted octanol–water partition coefficient (Wildman–Crippen LogP) is 2.99. The van der Waals surface area contributed by atoms with Crippen molar-refractivity contribution in [2.45, 2.75) is 18.8 Å². The van der Waals surface area contributed by atoms with Gasteiger partial charge in [0.1, 0.15) is 0 Å². The van der Waals surface area contributed by atoms with Gasteiger partial charge in [-0.1, -0.05) is 0 Å². The van der Waals surface area contributed by atoms with Crippen molar-refractivity contribution < 1.29 is 9.53 Å². The summed E-state index contributed by atoms with van der Waals surface area (Å²) in [7, 11) is 1.56. The number of amides is 1. The van der Waals surface area contributed by atoms with E-state index in [0.717, 1.165) is 30.3 Å². The van der Waals surface area contributed by atoms with E-state index < -0.39 is 0 Å². The number of piperidine rings is 1. The van der Waals surface area contributed by atoms with Crippen LogP contribution in [0.5, 0.6) is 5.88 Å². The summed E-state index contributed by atoms with van der Waals surface area (Å²) in [5, 5.41) is 1.11. The van der Waals surface area contributed by atoms with Gasteiger partial charge in [-0.15, -0.1) is 0 Å². The first-order chi connectivity index (χ1) is 12.2. The van der Waals surface area contributed by atoms with Crippen LogP contribution in [0.4, 0.5) is 0 Å². The Morgan fingerprint density at radius 2 is 2.24 bits per heavy atom. The van der Waals surface area contributed by atoms with Crippen molar-refractivity contribution in [2.75, 3.05) is 20.2 Å². The standard InChI is InChI=1S/C19H20N4O2/c1-25-18-5-4-13(11-21-18)19(24)23-8-2-3-14(12-23)17-9-15-10-20-7-6-16(15)22-17/h4-7,9-11,14,22H,2-3,8,12H2,1H3. The van der Waals surface area contributed by atoms with Crippen LogP contribution >= 0.6 is 0 Å². The van der Waals surface area contributed by atoms with Crippen molar-refractivity contribution in [2.24, 2.45) is 0 Å². The number of aromatic amines is 1. The van der Waals surface area contributed by atoms with Crippen LogP contribution in [-0.4, -0.2) is 46.0 Å². The van der Waals surface area contributed by atoms with Crippen LogP contribution in [0, 0.1) is 0 Å². The number of fused-ring (bicyclic) bond motifs is 1. The van der Waals surface area contributed by atoms with Crippen LogP contribution < -0.4 is 4.74 Å². The van der Waals surface area contributed by atoms with E-state index in [-0.39, 0.29) is 5.91 Å². The van der Waals surface area contributed by atoms with E-state index in [1.807, 2.05) is 17.2 Å². The molecule has 1 saturated heterocycles. The smallest absolute Gasteiger partial charge is 0.255 e. The molecule has 3 aromatic rings. The van der Waals surface area contributed by atoms with Crippen LogP contribution in [0.1, 0.15) is 34.8 Å². The summed E-state index contributed by atoms with van der Waals surface area (Å²) in [6.07, 6.45) is 7.30. The molecule has 1 aliphatic heterocycles. The fourth-order valence-electron chi connectivity index (χ4n) is 3.44. The maximum Gasteiger partial charge on any atom is 0.255 e. The largest absolute Gasteiger partial charge is 0.481 e. The summed E-state index contributed by atoms with van der Waals surface area (Å²) in [5.74, 6) is 0.855. The van der Waals surface area contributed by atoms with Crippen LogP contribution in [0.2, 0.25) is 0 Å². The molecule has 4 rings (SSSR count). The van der Waals surface area contributed by atoms with Crippen LogP contribution in [0.25, 0.3) is 10.9 Å². The molecule has 1 fully saturated rings. The monoisotopic (exact) mass is 336 g/mol. The predicted molar refractivity (Wildman–Crippen MR) is 94.8 cm³/mol. The Morgan fingerprint density at radius 1 is 1.32 bits per heavy atom. The molecular weight excluding hydrogens is 316 g/mol. The van der Waals surface area contributed by atoms with Gasteiger partial charge in [0.25, 0.3) is 5.91 Å². The van der Waals surface area contributed by atoms with Crippen molar-refractivity contribution in [1.29, 1.82) is 0 Å². The van der Waals surface area contributed by atoms with Gasteiger partial charge in [0.05, 0.1) is 12.7 Å². The number of ether oxygens (including phenoxy) is 1. The van der Waals surface area contributed by atoms with Gasteiger partial charge in [0.15, 0.2) is 0 Å². The number of nitrogens with one attached hydrogen (secondary N) is 1. The van der Waals surface area contributed by atoms with E-state index in [9.17, 15) is 4.79 Å². The summed E-state index contributed by atoms with van der Waals surface area (Å²) in [6.45, 7) is 1.49. The maximum atomic E-state index is 12.8. The molecule has 0 saturated carbocycles. The molecule has 6 nitrogen and oxygen atoms in total. The van der Waals surface area contributed by atoms with Gasteiger partial charge in [0, 0.05) is 60.3 Å².